The molecule has 0 spiro atoms. The molecule has 0 bridgehead atoms. The first-order chi connectivity index (χ1) is 10.3. The molecule has 8 heteroatoms. The summed E-state index contributed by atoms with van der Waals surface area (Å²) in [5.74, 6) is -0.595. The molecule has 22 heavy (non-hydrogen) atoms. The molecule has 1 amide bonds. The molecule has 1 aromatic carbocycles. The number of benzene rings is 1. The van der Waals surface area contributed by atoms with Crippen LogP contribution in [0.5, 0.6) is 5.75 Å². The van der Waals surface area contributed by atoms with Gasteiger partial charge in [0.1, 0.15) is 5.75 Å². The monoisotopic (exact) mass is 313 g/mol. The molecule has 1 N–H and O–H groups in total. The van der Waals surface area contributed by atoms with E-state index in [2.05, 4.69) is 15.2 Å². The van der Waals surface area contributed by atoms with E-state index in [1.807, 2.05) is 6.92 Å². The minimum atomic E-state index is -4.73. The maximum absolute atomic E-state index is 12.0. The highest BCUT2D eigenvalue weighted by Crippen LogP contribution is 2.24. The quantitative estimate of drug-likeness (QED) is 0.921. The number of rotatable bonds is 5. The van der Waals surface area contributed by atoms with Gasteiger partial charge in [0, 0.05) is 24.5 Å². The van der Waals surface area contributed by atoms with Crippen molar-refractivity contribution in [3.63, 3.8) is 0 Å². The third-order valence-electron chi connectivity index (χ3n) is 2.83. The van der Waals surface area contributed by atoms with Crippen molar-refractivity contribution in [1.82, 2.24) is 9.78 Å². The maximum atomic E-state index is 12.0. The summed E-state index contributed by atoms with van der Waals surface area (Å²) in [6.45, 7) is 1.84. The smallest absolute Gasteiger partial charge is 0.406 e. The van der Waals surface area contributed by atoms with Gasteiger partial charge in [-0.25, -0.2) is 0 Å². The summed E-state index contributed by atoms with van der Waals surface area (Å²) in [7, 11) is 0. The summed E-state index contributed by atoms with van der Waals surface area (Å²) < 4.78 is 41.5. The van der Waals surface area contributed by atoms with Crippen molar-refractivity contribution < 1.29 is 22.7 Å². The molecule has 118 valence electrons. The standard InChI is InChI=1S/C14H14F3N3O2/c1-10(20-8-2-7-18-20)9-13(21)19-11-3-5-12(6-4-11)22-14(15,16)17/h2-8,10H,9H2,1H3,(H,19,21)/t10-/m1/s1. The van der Waals surface area contributed by atoms with E-state index in [9.17, 15) is 18.0 Å². The van der Waals surface area contributed by atoms with Gasteiger partial charge in [0.2, 0.25) is 5.91 Å². The molecule has 1 heterocycles. The SMILES string of the molecule is C[C@H](CC(=O)Nc1ccc(OC(F)(F)F)cc1)n1cccn1. The van der Waals surface area contributed by atoms with Crippen molar-refractivity contribution in [1.29, 1.82) is 0 Å². The maximum Gasteiger partial charge on any atom is 0.573 e. The molecule has 0 saturated heterocycles. The zero-order valence-corrected chi connectivity index (χ0v) is 11.7. The Bertz CT molecular complexity index is 609. The third-order valence-corrected chi connectivity index (χ3v) is 2.83. The second kappa shape index (κ2) is 6.50. The van der Waals surface area contributed by atoms with Crippen LogP contribution in [0.25, 0.3) is 0 Å². The number of carbonyl (C=O) groups excluding carboxylic acids is 1. The van der Waals surface area contributed by atoms with E-state index in [4.69, 9.17) is 0 Å². The second-order valence-electron chi connectivity index (χ2n) is 4.66. The van der Waals surface area contributed by atoms with Crippen molar-refractivity contribution >= 4 is 11.6 Å². The number of hydrogen-bond donors (Lipinski definition) is 1. The van der Waals surface area contributed by atoms with Crippen molar-refractivity contribution in [2.24, 2.45) is 0 Å². The van der Waals surface area contributed by atoms with Crippen LogP contribution in [0.15, 0.2) is 42.7 Å². The topological polar surface area (TPSA) is 56.1 Å². The molecule has 2 aromatic rings. The lowest BCUT2D eigenvalue weighted by molar-refractivity contribution is -0.274. The molecular weight excluding hydrogens is 299 g/mol. The number of amides is 1. The van der Waals surface area contributed by atoms with E-state index in [0.29, 0.717) is 5.69 Å². The highest BCUT2D eigenvalue weighted by atomic mass is 19.4. The predicted octanol–water partition coefficient (Wildman–Crippen LogP) is 3.37. The summed E-state index contributed by atoms with van der Waals surface area (Å²) >= 11 is 0. The zero-order chi connectivity index (χ0) is 16.2. The highest BCUT2D eigenvalue weighted by molar-refractivity contribution is 5.90. The fourth-order valence-corrected chi connectivity index (χ4v) is 1.86. The van der Waals surface area contributed by atoms with E-state index in [1.54, 1.807) is 23.1 Å². The van der Waals surface area contributed by atoms with Gasteiger partial charge in [-0.3, -0.25) is 9.48 Å². The number of halogens is 3. The molecule has 0 unspecified atom stereocenters. The normalized spacial score (nSPS) is 12.7. The van der Waals surface area contributed by atoms with Crippen LogP contribution in [-0.2, 0) is 4.79 Å². The average Bonchev–Trinajstić information content (AvgIpc) is 2.93. The van der Waals surface area contributed by atoms with Crippen LogP contribution in [-0.4, -0.2) is 22.1 Å². The number of nitrogens with zero attached hydrogens (tertiary/aromatic N) is 2. The summed E-state index contributed by atoms with van der Waals surface area (Å²) in [5, 5.41) is 6.64. The number of anilines is 1. The van der Waals surface area contributed by atoms with Gasteiger partial charge >= 0.3 is 6.36 Å². The average molecular weight is 313 g/mol. The number of ether oxygens (including phenoxy) is 1. The van der Waals surface area contributed by atoms with Gasteiger partial charge in [-0.05, 0) is 37.3 Å². The van der Waals surface area contributed by atoms with Crippen molar-refractivity contribution in [3.05, 3.63) is 42.7 Å². The molecule has 2 rings (SSSR count). The number of nitrogens with one attached hydrogen (secondary N) is 1. The Morgan fingerprint density at radius 3 is 2.59 bits per heavy atom. The first kappa shape index (κ1) is 15.9. The summed E-state index contributed by atoms with van der Waals surface area (Å²) in [6.07, 6.45) is -1.17. The first-order valence-corrected chi connectivity index (χ1v) is 6.48. The van der Waals surface area contributed by atoms with E-state index >= 15 is 0 Å². The van der Waals surface area contributed by atoms with Crippen LogP contribution >= 0.6 is 0 Å². The Kier molecular flexibility index (Phi) is 4.69. The summed E-state index contributed by atoms with van der Waals surface area (Å²) in [4.78, 5) is 11.9. The second-order valence-corrected chi connectivity index (χ2v) is 4.66. The lowest BCUT2D eigenvalue weighted by atomic mass is 10.2. The molecule has 0 aliphatic rings. The van der Waals surface area contributed by atoms with Gasteiger partial charge in [0.05, 0.1) is 6.04 Å². The molecular formula is C14H14F3N3O2. The Hall–Kier alpha value is -2.51. The van der Waals surface area contributed by atoms with Crippen LogP contribution in [0, 0.1) is 0 Å². The van der Waals surface area contributed by atoms with Crippen LogP contribution in [0.3, 0.4) is 0 Å². The largest absolute Gasteiger partial charge is 0.573 e. The minimum Gasteiger partial charge on any atom is -0.406 e. The summed E-state index contributed by atoms with van der Waals surface area (Å²) in [5.41, 5.74) is 0.396. The molecule has 0 aliphatic heterocycles. The fourth-order valence-electron chi connectivity index (χ4n) is 1.86. The third kappa shape index (κ3) is 4.80. The Balaban J connectivity index is 1.89. The number of carbonyl (C=O) groups is 1. The van der Waals surface area contributed by atoms with Crippen molar-refractivity contribution in [2.75, 3.05) is 5.32 Å². The van der Waals surface area contributed by atoms with E-state index in [1.165, 1.54) is 12.1 Å². The predicted molar refractivity (Wildman–Crippen MR) is 73.3 cm³/mol. The van der Waals surface area contributed by atoms with Crippen molar-refractivity contribution in [3.8, 4) is 5.75 Å². The fraction of sp³-hybridized carbons (Fsp3) is 0.286. The van der Waals surface area contributed by atoms with E-state index < -0.39 is 6.36 Å². The van der Waals surface area contributed by atoms with Gasteiger partial charge in [-0.2, -0.15) is 5.10 Å². The van der Waals surface area contributed by atoms with Gasteiger partial charge in [-0.15, -0.1) is 13.2 Å². The molecule has 1 atom stereocenters. The highest BCUT2D eigenvalue weighted by Gasteiger charge is 2.30. The number of hydrogen-bond acceptors (Lipinski definition) is 3. The first-order valence-electron chi connectivity index (χ1n) is 6.48. The van der Waals surface area contributed by atoms with Crippen molar-refractivity contribution in [2.45, 2.75) is 25.7 Å². The van der Waals surface area contributed by atoms with Crippen LogP contribution in [0.2, 0.25) is 0 Å². The minimum absolute atomic E-state index is 0.122. The van der Waals surface area contributed by atoms with Gasteiger partial charge in [0.25, 0.3) is 0 Å². The lowest BCUT2D eigenvalue weighted by Crippen LogP contribution is -2.18. The molecule has 0 saturated carbocycles. The Morgan fingerprint density at radius 2 is 2.05 bits per heavy atom. The summed E-state index contributed by atoms with van der Waals surface area (Å²) in [6, 6.07) is 6.60. The van der Waals surface area contributed by atoms with E-state index in [0.717, 1.165) is 12.1 Å². The molecule has 0 aliphatic carbocycles. The molecule has 5 nitrogen and oxygen atoms in total. The van der Waals surface area contributed by atoms with E-state index in [-0.39, 0.29) is 24.1 Å². The lowest BCUT2D eigenvalue weighted by Gasteiger charge is -2.13. The van der Waals surface area contributed by atoms with Gasteiger partial charge in [-0.1, -0.05) is 0 Å². The zero-order valence-electron chi connectivity index (χ0n) is 11.7. The number of aromatic nitrogens is 2. The molecule has 0 radical (unpaired) electrons. The van der Waals surface area contributed by atoms with Gasteiger partial charge in [0.15, 0.2) is 0 Å². The van der Waals surface area contributed by atoms with Crippen LogP contribution in [0.4, 0.5) is 18.9 Å². The van der Waals surface area contributed by atoms with Crippen LogP contribution < -0.4 is 10.1 Å². The molecule has 0 fully saturated rings. The Labute approximate surface area is 124 Å². The van der Waals surface area contributed by atoms with Crippen LogP contribution in [0.1, 0.15) is 19.4 Å². The number of alkyl halides is 3. The Morgan fingerprint density at radius 1 is 1.36 bits per heavy atom. The molecule has 1 aromatic heterocycles. The van der Waals surface area contributed by atoms with Gasteiger partial charge < -0.3 is 10.1 Å².